The minimum absolute atomic E-state index is 0. The average molecular weight is 73.9 g/mol. The van der Waals surface area contributed by atoms with Crippen molar-refractivity contribution in [3.63, 3.8) is 0 Å². The van der Waals surface area contributed by atoms with Crippen LogP contribution in [0, 0.1) is 0 Å². The molecule has 0 saturated heterocycles. The highest BCUT2D eigenvalue weighted by Gasteiger charge is 1.76. The van der Waals surface area contributed by atoms with Crippen LogP contribution in [0.1, 0.15) is 0 Å². The van der Waals surface area contributed by atoms with Gasteiger partial charge in [0, 0.05) is 0 Å². The lowest BCUT2D eigenvalue weighted by atomic mass is 9.58. The van der Waals surface area contributed by atoms with Gasteiger partial charge >= 0.3 is 0 Å². The summed E-state index contributed by atoms with van der Waals surface area (Å²) in [6.07, 6.45) is 0. The van der Waals surface area contributed by atoms with Crippen molar-refractivity contribution in [2.24, 2.45) is 0 Å². The molecule has 0 aromatic rings. The molecule has 0 radical (unpaired) electrons. The first-order valence-electron chi connectivity index (χ1n) is 1.73. The molecule has 0 amide bonds. The predicted octanol–water partition coefficient (Wildman–Crippen LogP) is 0.546. The van der Waals surface area contributed by atoms with Gasteiger partial charge in [0.2, 0.25) is 0 Å². The zero-order valence-electron chi connectivity index (χ0n) is 4.08. The van der Waals surface area contributed by atoms with E-state index in [1.807, 2.05) is 0 Å². The maximum Gasteiger partial charge on any atom is 0.130 e. The van der Waals surface area contributed by atoms with Crippen molar-refractivity contribution in [2.45, 2.75) is 20.5 Å². The number of rotatable bonds is 0. The van der Waals surface area contributed by atoms with Crippen LogP contribution in [0.25, 0.3) is 0 Å². The Balaban J connectivity index is 0. The Kier molecular flexibility index (Phi) is 7.16. The van der Waals surface area contributed by atoms with Crippen LogP contribution < -0.4 is 0 Å². The first kappa shape index (κ1) is 8.90. The Labute approximate surface area is 33.8 Å². The van der Waals surface area contributed by atoms with E-state index in [9.17, 15) is 0 Å². The van der Waals surface area contributed by atoms with E-state index in [0.29, 0.717) is 0 Å². The van der Waals surface area contributed by atoms with E-state index in [2.05, 4.69) is 20.5 Å². The molecular formula is C3H11BO. The molecule has 2 N–H and O–H groups in total. The number of hydrogen-bond acceptors (Lipinski definition) is 0. The molecule has 2 heteroatoms. The summed E-state index contributed by atoms with van der Waals surface area (Å²) in [6.45, 7) is 7.33. The Bertz CT molecular complexity index is 11.6. The lowest BCUT2D eigenvalue weighted by Crippen LogP contribution is -1.84. The number of hydrogen-bond donors (Lipinski definition) is 0. The summed E-state index contributed by atoms with van der Waals surface area (Å²) >= 11 is 0. The van der Waals surface area contributed by atoms with E-state index in [1.54, 1.807) is 0 Å². The summed E-state index contributed by atoms with van der Waals surface area (Å²) in [6, 6.07) is 0. The molecule has 0 spiro atoms. The van der Waals surface area contributed by atoms with E-state index < -0.39 is 0 Å². The normalized spacial score (nSPS) is 5.40. The fraction of sp³-hybridized carbons (Fsp3) is 1.00. The summed E-state index contributed by atoms with van der Waals surface area (Å²) in [5.74, 6) is 0. The largest absolute Gasteiger partial charge is 0.412 e. The Morgan fingerprint density at radius 2 is 1.00 bits per heavy atom. The van der Waals surface area contributed by atoms with Crippen molar-refractivity contribution in [1.29, 1.82) is 0 Å². The molecular weight excluding hydrogens is 62.8 g/mol. The smallest absolute Gasteiger partial charge is 0.130 e. The SMILES string of the molecule is CB(C)C.O. The van der Waals surface area contributed by atoms with Crippen LogP contribution in [0.5, 0.6) is 0 Å². The van der Waals surface area contributed by atoms with Crippen molar-refractivity contribution in [2.75, 3.05) is 0 Å². The van der Waals surface area contributed by atoms with Crippen LogP contribution in [0.4, 0.5) is 0 Å². The third kappa shape index (κ3) is 26500. The van der Waals surface area contributed by atoms with Gasteiger partial charge in [-0.3, -0.25) is 0 Å². The highest BCUT2D eigenvalue weighted by atomic mass is 16.0. The van der Waals surface area contributed by atoms with Crippen LogP contribution in [0.3, 0.4) is 0 Å². The molecule has 0 atom stereocenters. The van der Waals surface area contributed by atoms with Gasteiger partial charge in [0.15, 0.2) is 0 Å². The van der Waals surface area contributed by atoms with E-state index in [1.165, 1.54) is 0 Å². The van der Waals surface area contributed by atoms with Crippen LogP contribution in [0.15, 0.2) is 0 Å². The second-order valence-corrected chi connectivity index (χ2v) is 1.73. The van der Waals surface area contributed by atoms with E-state index >= 15 is 0 Å². The molecule has 0 rings (SSSR count). The van der Waals surface area contributed by atoms with Crippen molar-refractivity contribution in [3.05, 3.63) is 0 Å². The van der Waals surface area contributed by atoms with E-state index in [4.69, 9.17) is 0 Å². The quantitative estimate of drug-likeness (QED) is 0.375. The molecule has 0 saturated carbocycles. The van der Waals surface area contributed by atoms with Crippen molar-refractivity contribution < 1.29 is 5.48 Å². The Hall–Kier alpha value is 0.0249. The van der Waals surface area contributed by atoms with Gasteiger partial charge in [-0.25, -0.2) is 0 Å². The fourth-order valence-corrected chi connectivity index (χ4v) is 0. The molecule has 0 aromatic heterocycles. The maximum atomic E-state index is 2.17. The van der Waals surface area contributed by atoms with Crippen molar-refractivity contribution in [1.82, 2.24) is 0 Å². The molecule has 0 unspecified atom stereocenters. The summed E-state index contributed by atoms with van der Waals surface area (Å²) < 4.78 is 0. The van der Waals surface area contributed by atoms with Gasteiger partial charge in [0.05, 0.1) is 0 Å². The minimum Gasteiger partial charge on any atom is -0.412 e. The molecule has 1 nitrogen and oxygen atoms in total. The molecule has 0 aliphatic carbocycles. The highest BCUT2D eigenvalue weighted by Crippen LogP contribution is 1.68. The van der Waals surface area contributed by atoms with Gasteiger partial charge < -0.3 is 5.48 Å². The van der Waals surface area contributed by atoms with Crippen LogP contribution in [-0.2, 0) is 0 Å². The first-order valence-corrected chi connectivity index (χ1v) is 1.73. The fourth-order valence-electron chi connectivity index (χ4n) is 0. The minimum atomic E-state index is 0. The third-order valence-corrected chi connectivity index (χ3v) is 0. The monoisotopic (exact) mass is 74.1 g/mol. The van der Waals surface area contributed by atoms with E-state index in [-0.39, 0.29) is 5.48 Å². The van der Waals surface area contributed by atoms with Crippen molar-refractivity contribution >= 4 is 6.71 Å². The standard InChI is InChI=1S/C3H9B.H2O/c1-4(2)3;/h1-3H3;1H2. The molecule has 0 aliphatic rings. The Morgan fingerprint density at radius 3 is 1.00 bits per heavy atom. The topological polar surface area (TPSA) is 31.5 Å². The van der Waals surface area contributed by atoms with Crippen LogP contribution in [-0.4, -0.2) is 12.2 Å². The predicted molar refractivity (Wildman–Crippen MR) is 27.0 cm³/mol. The molecule has 0 aliphatic heterocycles. The molecule has 0 bridgehead atoms. The molecule has 5 heavy (non-hydrogen) atoms. The molecule has 0 aromatic carbocycles. The first-order chi connectivity index (χ1) is 1.73. The van der Waals surface area contributed by atoms with Crippen LogP contribution >= 0.6 is 0 Å². The van der Waals surface area contributed by atoms with E-state index in [0.717, 1.165) is 6.71 Å². The maximum absolute atomic E-state index is 2.17. The summed E-state index contributed by atoms with van der Waals surface area (Å²) in [5.41, 5.74) is 0. The van der Waals surface area contributed by atoms with Gasteiger partial charge in [-0.1, -0.05) is 20.5 Å². The van der Waals surface area contributed by atoms with Gasteiger partial charge in [0.25, 0.3) is 0 Å². The summed E-state index contributed by atoms with van der Waals surface area (Å²) in [7, 11) is 0. The average Bonchev–Trinajstić information content (AvgIpc) is 0.811. The zero-order chi connectivity index (χ0) is 3.58. The second kappa shape index (κ2) is 4.02. The van der Waals surface area contributed by atoms with Gasteiger partial charge in [-0.05, 0) is 0 Å². The summed E-state index contributed by atoms with van der Waals surface area (Å²) in [5, 5.41) is 0. The Morgan fingerprint density at radius 1 is 1.00 bits per heavy atom. The zero-order valence-corrected chi connectivity index (χ0v) is 4.08. The third-order valence-electron chi connectivity index (χ3n) is 0. The summed E-state index contributed by atoms with van der Waals surface area (Å²) in [4.78, 5) is 0. The van der Waals surface area contributed by atoms with Gasteiger partial charge in [0.1, 0.15) is 6.71 Å². The van der Waals surface area contributed by atoms with Crippen molar-refractivity contribution in [3.8, 4) is 0 Å². The molecule has 0 fully saturated rings. The van der Waals surface area contributed by atoms with Gasteiger partial charge in [-0.2, -0.15) is 0 Å². The van der Waals surface area contributed by atoms with Crippen LogP contribution in [0.2, 0.25) is 20.5 Å². The molecule has 0 heterocycles. The lowest BCUT2D eigenvalue weighted by molar-refractivity contribution is 0.824. The highest BCUT2D eigenvalue weighted by molar-refractivity contribution is 6.54. The molecule has 32 valence electrons. The second-order valence-electron chi connectivity index (χ2n) is 1.73. The lowest BCUT2D eigenvalue weighted by Gasteiger charge is -1.71. The van der Waals surface area contributed by atoms with Gasteiger partial charge in [-0.15, -0.1) is 0 Å².